The summed E-state index contributed by atoms with van der Waals surface area (Å²) in [5, 5.41) is 2.27. The second kappa shape index (κ2) is 3.05. The van der Waals surface area contributed by atoms with Gasteiger partial charge in [-0.1, -0.05) is 20.8 Å². The summed E-state index contributed by atoms with van der Waals surface area (Å²) in [6.07, 6.45) is 0. The Morgan fingerprint density at radius 1 is 1.36 bits per heavy atom. The van der Waals surface area contributed by atoms with Gasteiger partial charge in [-0.25, -0.2) is 0 Å². The van der Waals surface area contributed by atoms with Gasteiger partial charge >= 0.3 is 0 Å². The second-order valence-corrected chi connectivity index (χ2v) is 5.93. The molecule has 0 saturated carbocycles. The van der Waals surface area contributed by atoms with Gasteiger partial charge in [0, 0.05) is 8.45 Å². The van der Waals surface area contributed by atoms with E-state index in [1.165, 1.54) is 14.0 Å². The van der Waals surface area contributed by atoms with Crippen molar-refractivity contribution >= 4 is 33.9 Å². The van der Waals surface area contributed by atoms with Crippen molar-refractivity contribution < 1.29 is 0 Å². The summed E-state index contributed by atoms with van der Waals surface area (Å²) in [5.74, 6) is 0. The monoisotopic (exact) mass is 280 g/mol. The third-order valence-electron chi connectivity index (χ3n) is 1.71. The quantitative estimate of drug-likeness (QED) is 0.631. The van der Waals surface area contributed by atoms with Gasteiger partial charge in [0.2, 0.25) is 0 Å². The molecule has 0 aromatic carbocycles. The van der Waals surface area contributed by atoms with Gasteiger partial charge in [0.05, 0.1) is 0 Å². The molecule has 0 amide bonds. The van der Waals surface area contributed by atoms with Crippen LogP contribution in [0.15, 0.2) is 5.38 Å². The van der Waals surface area contributed by atoms with Crippen molar-refractivity contribution in [3.05, 3.63) is 19.4 Å². The van der Waals surface area contributed by atoms with E-state index in [2.05, 4.69) is 55.7 Å². The van der Waals surface area contributed by atoms with E-state index in [9.17, 15) is 0 Å². The lowest BCUT2D eigenvalue weighted by Gasteiger charge is -2.17. The number of aryl methyl sites for hydroxylation is 1. The molecule has 0 aliphatic rings. The molecule has 62 valence electrons. The molecule has 0 nitrogen and oxygen atoms in total. The lowest BCUT2D eigenvalue weighted by molar-refractivity contribution is 0.589. The molecule has 1 rings (SSSR count). The fourth-order valence-electron chi connectivity index (χ4n) is 0.946. The molecular weight excluding hydrogens is 267 g/mol. The summed E-state index contributed by atoms with van der Waals surface area (Å²) in [7, 11) is 0. The third kappa shape index (κ3) is 1.96. The van der Waals surface area contributed by atoms with E-state index in [4.69, 9.17) is 0 Å². The van der Waals surface area contributed by atoms with Crippen LogP contribution in [0, 0.1) is 10.5 Å². The SMILES string of the molecule is Cc1scc(C(C)(C)C)c1I. The van der Waals surface area contributed by atoms with Gasteiger partial charge in [0.25, 0.3) is 0 Å². The summed E-state index contributed by atoms with van der Waals surface area (Å²) in [6, 6.07) is 0. The Morgan fingerprint density at radius 3 is 2.09 bits per heavy atom. The summed E-state index contributed by atoms with van der Waals surface area (Å²) < 4.78 is 1.44. The largest absolute Gasteiger partial charge is 0.148 e. The zero-order valence-electron chi connectivity index (χ0n) is 7.36. The second-order valence-electron chi connectivity index (χ2n) is 3.77. The molecule has 11 heavy (non-hydrogen) atoms. The highest BCUT2D eigenvalue weighted by atomic mass is 127. The standard InChI is InChI=1S/C9H13IS/c1-6-8(10)7(5-11-6)9(2,3)4/h5H,1-4H3. The van der Waals surface area contributed by atoms with Crippen LogP contribution < -0.4 is 0 Å². The minimum atomic E-state index is 0.307. The molecule has 0 aliphatic carbocycles. The van der Waals surface area contributed by atoms with Crippen molar-refractivity contribution in [3.8, 4) is 0 Å². The van der Waals surface area contributed by atoms with E-state index in [1.54, 1.807) is 0 Å². The van der Waals surface area contributed by atoms with Crippen molar-refractivity contribution in [2.75, 3.05) is 0 Å². The van der Waals surface area contributed by atoms with Crippen LogP contribution in [-0.4, -0.2) is 0 Å². The summed E-state index contributed by atoms with van der Waals surface area (Å²) in [6.45, 7) is 8.96. The van der Waals surface area contributed by atoms with Crippen LogP contribution in [0.25, 0.3) is 0 Å². The Morgan fingerprint density at radius 2 is 1.91 bits per heavy atom. The topological polar surface area (TPSA) is 0 Å². The van der Waals surface area contributed by atoms with Crippen LogP contribution in [0.2, 0.25) is 0 Å². The van der Waals surface area contributed by atoms with Crippen LogP contribution in [0.4, 0.5) is 0 Å². The Kier molecular flexibility index (Phi) is 2.64. The maximum atomic E-state index is 2.44. The molecule has 0 fully saturated rings. The highest BCUT2D eigenvalue weighted by Crippen LogP contribution is 2.32. The number of thiophene rings is 1. The van der Waals surface area contributed by atoms with Crippen molar-refractivity contribution in [1.82, 2.24) is 0 Å². The molecular formula is C9H13IS. The van der Waals surface area contributed by atoms with Gasteiger partial charge < -0.3 is 0 Å². The van der Waals surface area contributed by atoms with Crippen LogP contribution in [0.5, 0.6) is 0 Å². The molecule has 2 heteroatoms. The number of hydrogen-bond acceptors (Lipinski definition) is 1. The average Bonchev–Trinajstić information content (AvgIpc) is 2.11. The molecule has 0 saturated heterocycles. The highest BCUT2D eigenvalue weighted by molar-refractivity contribution is 14.1. The molecule has 0 bridgehead atoms. The van der Waals surface area contributed by atoms with Gasteiger partial charge in [0.1, 0.15) is 0 Å². The minimum Gasteiger partial charge on any atom is -0.148 e. The van der Waals surface area contributed by atoms with E-state index in [0.717, 1.165) is 0 Å². The maximum absolute atomic E-state index is 2.44. The molecule has 1 heterocycles. The smallest absolute Gasteiger partial charge is 0.0303 e. The van der Waals surface area contributed by atoms with E-state index in [1.807, 2.05) is 11.3 Å². The number of hydrogen-bond donors (Lipinski definition) is 0. The highest BCUT2D eigenvalue weighted by Gasteiger charge is 2.18. The Labute approximate surface area is 86.2 Å². The van der Waals surface area contributed by atoms with E-state index < -0.39 is 0 Å². The summed E-state index contributed by atoms with van der Waals surface area (Å²) in [4.78, 5) is 1.44. The van der Waals surface area contributed by atoms with Crippen molar-refractivity contribution in [2.24, 2.45) is 0 Å². The molecule has 0 aliphatic heterocycles. The van der Waals surface area contributed by atoms with Crippen molar-refractivity contribution in [1.29, 1.82) is 0 Å². The molecule has 0 atom stereocenters. The summed E-state index contributed by atoms with van der Waals surface area (Å²) >= 11 is 4.29. The minimum absolute atomic E-state index is 0.307. The predicted molar refractivity (Wildman–Crippen MR) is 60.5 cm³/mol. The lowest BCUT2D eigenvalue weighted by Crippen LogP contribution is -2.11. The first-order valence-electron chi connectivity index (χ1n) is 3.67. The first-order chi connectivity index (χ1) is 4.93. The molecule has 0 unspecified atom stereocenters. The normalized spacial score (nSPS) is 12.1. The molecule has 0 radical (unpaired) electrons. The number of rotatable bonds is 0. The van der Waals surface area contributed by atoms with Crippen LogP contribution in [0.3, 0.4) is 0 Å². The van der Waals surface area contributed by atoms with Gasteiger partial charge in [-0.05, 0) is 45.9 Å². The fourth-order valence-corrected chi connectivity index (χ4v) is 3.48. The summed E-state index contributed by atoms with van der Waals surface area (Å²) in [5.41, 5.74) is 1.79. The zero-order chi connectivity index (χ0) is 8.65. The molecule has 1 aromatic heterocycles. The van der Waals surface area contributed by atoms with Crippen LogP contribution in [-0.2, 0) is 5.41 Å². The van der Waals surface area contributed by atoms with Crippen molar-refractivity contribution in [2.45, 2.75) is 33.1 Å². The van der Waals surface area contributed by atoms with Gasteiger partial charge in [-0.15, -0.1) is 11.3 Å². The Bertz CT molecular complexity index is 255. The lowest BCUT2D eigenvalue weighted by atomic mass is 9.89. The molecule has 0 N–H and O–H groups in total. The zero-order valence-corrected chi connectivity index (χ0v) is 10.3. The van der Waals surface area contributed by atoms with Crippen LogP contribution in [0.1, 0.15) is 31.2 Å². The van der Waals surface area contributed by atoms with Crippen molar-refractivity contribution in [3.63, 3.8) is 0 Å². The Hall–Kier alpha value is 0.430. The number of halogens is 1. The maximum Gasteiger partial charge on any atom is 0.0303 e. The predicted octanol–water partition coefficient (Wildman–Crippen LogP) is 3.96. The van der Waals surface area contributed by atoms with Crippen LogP contribution >= 0.6 is 33.9 Å². The Balaban J connectivity index is 3.15. The first-order valence-corrected chi connectivity index (χ1v) is 5.63. The first kappa shape index (κ1) is 9.52. The van der Waals surface area contributed by atoms with E-state index in [-0.39, 0.29) is 0 Å². The van der Waals surface area contributed by atoms with Gasteiger partial charge in [-0.2, -0.15) is 0 Å². The fraction of sp³-hybridized carbons (Fsp3) is 0.556. The van der Waals surface area contributed by atoms with E-state index >= 15 is 0 Å². The molecule has 0 spiro atoms. The van der Waals surface area contributed by atoms with Gasteiger partial charge in [0.15, 0.2) is 0 Å². The third-order valence-corrected chi connectivity index (χ3v) is 4.37. The molecule has 1 aromatic rings. The van der Waals surface area contributed by atoms with E-state index in [0.29, 0.717) is 5.41 Å². The average molecular weight is 280 g/mol. The van der Waals surface area contributed by atoms with Gasteiger partial charge in [-0.3, -0.25) is 0 Å².